The molecule has 11 heteroatoms. The highest BCUT2D eigenvalue weighted by atomic mass is 32.2. The number of aryl methyl sites for hydroxylation is 1. The molecule has 0 spiro atoms. The van der Waals surface area contributed by atoms with E-state index in [1.54, 1.807) is 73.0 Å². The van der Waals surface area contributed by atoms with Crippen molar-refractivity contribution in [1.82, 2.24) is 14.8 Å². The number of carbonyl (C=O) groups is 1. The zero-order chi connectivity index (χ0) is 28.2. The first-order valence-electron chi connectivity index (χ1n) is 12.8. The van der Waals surface area contributed by atoms with Gasteiger partial charge in [0.15, 0.2) is 0 Å². The Morgan fingerprint density at radius 2 is 1.90 bits per heavy atom. The van der Waals surface area contributed by atoms with E-state index in [2.05, 4.69) is 28.5 Å². The molecular formula is C28H36N4O5S2. The molecule has 2 aromatic carbocycles. The van der Waals surface area contributed by atoms with Crippen LogP contribution in [0.2, 0.25) is 0 Å². The molecule has 9 nitrogen and oxygen atoms in total. The lowest BCUT2D eigenvalue weighted by Gasteiger charge is -2.35. The first-order valence-corrected chi connectivity index (χ1v) is 15.2. The number of benzene rings is 2. The summed E-state index contributed by atoms with van der Waals surface area (Å²) < 4.78 is 40.6. The summed E-state index contributed by atoms with van der Waals surface area (Å²) in [6.45, 7) is 8.24. The first kappa shape index (κ1) is 29.0. The molecule has 0 saturated heterocycles. The monoisotopic (exact) mass is 572 g/mol. The molecule has 1 aliphatic rings. The van der Waals surface area contributed by atoms with Crippen LogP contribution in [0, 0.1) is 12.8 Å². The molecule has 0 aliphatic carbocycles. The number of carbonyl (C=O) groups excluding carboxylic acids is 1. The third-order valence-electron chi connectivity index (χ3n) is 6.98. The van der Waals surface area contributed by atoms with Crippen LogP contribution < -0.4 is 9.46 Å². The molecule has 0 fully saturated rings. The average molecular weight is 573 g/mol. The Bertz CT molecular complexity index is 1360. The number of methoxy groups -OCH3 is 1. The zero-order valence-corrected chi connectivity index (χ0v) is 24.6. The fourth-order valence-corrected chi connectivity index (χ4v) is 6.26. The number of thiazole rings is 1. The number of amides is 1. The minimum Gasteiger partial charge on any atom is -0.491 e. The van der Waals surface area contributed by atoms with Gasteiger partial charge in [-0.2, -0.15) is 0 Å². The summed E-state index contributed by atoms with van der Waals surface area (Å²) in [6, 6.07) is 11.4. The molecule has 0 unspecified atom stereocenters. The molecule has 3 aromatic rings. The molecule has 3 atom stereocenters. The van der Waals surface area contributed by atoms with Crippen LogP contribution >= 0.6 is 11.3 Å². The van der Waals surface area contributed by atoms with E-state index in [0.717, 1.165) is 17.1 Å². The quantitative estimate of drug-likeness (QED) is 0.471. The van der Waals surface area contributed by atoms with Crippen molar-refractivity contribution in [3.63, 3.8) is 0 Å². The number of hydrogen-bond donors (Lipinski definition) is 1. The van der Waals surface area contributed by atoms with Crippen LogP contribution in [0.15, 0.2) is 58.9 Å². The van der Waals surface area contributed by atoms with Crippen molar-refractivity contribution in [2.24, 2.45) is 5.92 Å². The maximum absolute atomic E-state index is 13.6. The molecule has 0 radical (unpaired) electrons. The molecule has 0 saturated carbocycles. The lowest BCUT2D eigenvalue weighted by molar-refractivity contribution is 0.00921. The van der Waals surface area contributed by atoms with Gasteiger partial charge in [0.1, 0.15) is 17.4 Å². The van der Waals surface area contributed by atoms with Crippen LogP contribution in [0.1, 0.15) is 34.8 Å². The van der Waals surface area contributed by atoms with Gasteiger partial charge in [-0.05, 0) is 50.1 Å². The number of fused-ring (bicyclic) bond motifs is 1. The molecule has 4 rings (SSSR count). The van der Waals surface area contributed by atoms with Gasteiger partial charge in [-0.3, -0.25) is 14.4 Å². The first-order chi connectivity index (χ1) is 18.6. The number of nitrogens with one attached hydrogen (secondary N) is 1. The summed E-state index contributed by atoms with van der Waals surface area (Å²) in [5, 5.41) is 2.99. The lowest BCUT2D eigenvalue weighted by atomic mass is 10.0. The Labute approximate surface area is 234 Å². The third kappa shape index (κ3) is 7.16. The normalized spacial score (nSPS) is 21.4. The van der Waals surface area contributed by atoms with Crippen LogP contribution in [0.5, 0.6) is 5.75 Å². The van der Waals surface area contributed by atoms with Crippen LogP contribution in [-0.2, 0) is 21.3 Å². The number of ether oxygens (including phenoxy) is 2. The largest absolute Gasteiger partial charge is 0.491 e. The van der Waals surface area contributed by atoms with Crippen LogP contribution in [0.25, 0.3) is 0 Å². The van der Waals surface area contributed by atoms with Gasteiger partial charge in [0.05, 0.1) is 23.1 Å². The maximum atomic E-state index is 13.6. The predicted molar refractivity (Wildman–Crippen MR) is 153 cm³/mol. The van der Waals surface area contributed by atoms with Gasteiger partial charge in [0.25, 0.3) is 15.9 Å². The number of hydrogen-bond acceptors (Lipinski definition) is 8. The van der Waals surface area contributed by atoms with Crippen molar-refractivity contribution in [1.29, 1.82) is 0 Å². The van der Waals surface area contributed by atoms with Crippen molar-refractivity contribution in [3.05, 3.63) is 70.2 Å². The van der Waals surface area contributed by atoms with Gasteiger partial charge in [-0.25, -0.2) is 13.4 Å². The Balaban J connectivity index is 1.65. The van der Waals surface area contributed by atoms with E-state index in [0.29, 0.717) is 25.4 Å². The fourth-order valence-electron chi connectivity index (χ4n) is 4.57. The second kappa shape index (κ2) is 12.5. The Morgan fingerprint density at radius 3 is 2.56 bits per heavy atom. The smallest absolute Gasteiger partial charge is 0.261 e. The molecule has 1 N–H and O–H groups in total. The van der Waals surface area contributed by atoms with E-state index in [1.807, 2.05) is 12.3 Å². The summed E-state index contributed by atoms with van der Waals surface area (Å²) in [6.07, 6.45) is 1.61. The second-order valence-corrected chi connectivity index (χ2v) is 12.7. The summed E-state index contributed by atoms with van der Waals surface area (Å²) in [5.74, 6) is 0.247. The SMILES string of the molecule is CO[C@H]1CN(C)C(=O)c2cc(NS(=O)(=O)c3ccc(C)cc3)ccc2OC[C@H](C)N(Cc2nccs2)C[C@H]1C. The number of anilines is 1. The summed E-state index contributed by atoms with van der Waals surface area (Å²) >= 11 is 1.62. The molecule has 39 heavy (non-hydrogen) atoms. The highest BCUT2D eigenvalue weighted by Gasteiger charge is 2.29. The maximum Gasteiger partial charge on any atom is 0.261 e. The zero-order valence-electron chi connectivity index (χ0n) is 23.0. The third-order valence-corrected chi connectivity index (χ3v) is 9.14. The van der Waals surface area contributed by atoms with E-state index in [9.17, 15) is 13.2 Å². The van der Waals surface area contributed by atoms with Crippen LogP contribution in [0.3, 0.4) is 0 Å². The summed E-state index contributed by atoms with van der Waals surface area (Å²) in [5.41, 5.74) is 1.52. The van der Waals surface area contributed by atoms with Crippen LogP contribution in [-0.4, -0.2) is 75.1 Å². The van der Waals surface area contributed by atoms with E-state index in [1.165, 1.54) is 6.07 Å². The number of aromatic nitrogens is 1. The predicted octanol–water partition coefficient (Wildman–Crippen LogP) is 4.26. The Morgan fingerprint density at radius 1 is 1.15 bits per heavy atom. The van der Waals surface area contributed by atoms with Crippen molar-refractivity contribution in [3.8, 4) is 5.75 Å². The second-order valence-electron chi connectivity index (χ2n) is 10.1. The fraction of sp³-hybridized carbons (Fsp3) is 0.429. The molecular weight excluding hydrogens is 536 g/mol. The van der Waals surface area contributed by atoms with E-state index in [4.69, 9.17) is 9.47 Å². The summed E-state index contributed by atoms with van der Waals surface area (Å²) in [7, 11) is -0.456. The highest BCUT2D eigenvalue weighted by Crippen LogP contribution is 2.28. The minimum atomic E-state index is -3.84. The van der Waals surface area contributed by atoms with Gasteiger partial charge < -0.3 is 14.4 Å². The van der Waals surface area contributed by atoms with Gasteiger partial charge in [-0.1, -0.05) is 24.6 Å². The number of sulfonamides is 1. The number of nitrogens with zero attached hydrogens (tertiary/aromatic N) is 3. The Kier molecular flexibility index (Phi) is 9.27. The lowest BCUT2D eigenvalue weighted by Crippen LogP contribution is -2.46. The van der Waals surface area contributed by atoms with Crippen molar-refractivity contribution >= 4 is 33.0 Å². The van der Waals surface area contributed by atoms with E-state index >= 15 is 0 Å². The van der Waals surface area contributed by atoms with Crippen LogP contribution in [0.4, 0.5) is 5.69 Å². The molecule has 1 amide bonds. The van der Waals surface area contributed by atoms with Crippen molar-refractivity contribution in [2.75, 3.05) is 38.6 Å². The Hall–Kier alpha value is -2.99. The van der Waals surface area contributed by atoms with Gasteiger partial charge >= 0.3 is 0 Å². The standard InChI is InChI=1S/C28H36N4O5S2/c1-19-6-9-23(10-7-19)39(34,35)30-22-8-11-25-24(14-22)28(33)31(4)16-26(36-5)20(2)15-32(21(3)18-37-25)17-27-29-12-13-38-27/h6-14,20-21,26,30H,15-18H2,1-5H3/t20-,21+,26+/m1/s1. The molecule has 2 heterocycles. The van der Waals surface area contributed by atoms with Crippen molar-refractivity contribution in [2.45, 2.75) is 44.4 Å². The van der Waals surface area contributed by atoms with Gasteiger partial charge in [0, 0.05) is 50.6 Å². The molecule has 0 bridgehead atoms. The van der Waals surface area contributed by atoms with Crippen molar-refractivity contribution < 1.29 is 22.7 Å². The topological polar surface area (TPSA) is 101 Å². The van der Waals surface area contributed by atoms with Gasteiger partial charge in [-0.15, -0.1) is 11.3 Å². The van der Waals surface area contributed by atoms with Gasteiger partial charge in [0.2, 0.25) is 0 Å². The average Bonchev–Trinajstić information content (AvgIpc) is 3.42. The number of likely N-dealkylation sites (N-methyl/N-ethyl adjacent to an activating group) is 1. The van der Waals surface area contributed by atoms with E-state index < -0.39 is 10.0 Å². The molecule has 1 aliphatic heterocycles. The summed E-state index contributed by atoms with van der Waals surface area (Å²) in [4.78, 5) is 22.1. The molecule has 1 aromatic heterocycles. The highest BCUT2D eigenvalue weighted by molar-refractivity contribution is 7.92. The minimum absolute atomic E-state index is 0.0219. The molecule has 210 valence electrons. The van der Waals surface area contributed by atoms with E-state index in [-0.39, 0.29) is 40.1 Å². The number of rotatable bonds is 6.